The molecule has 2 aromatic carbocycles. The Morgan fingerprint density at radius 2 is 1.94 bits per heavy atom. The maximum absolute atomic E-state index is 13.0. The summed E-state index contributed by atoms with van der Waals surface area (Å²) in [6.07, 6.45) is 1.75. The number of fused-ring (bicyclic) bond motifs is 1. The monoisotopic (exact) mass is 423 g/mol. The van der Waals surface area contributed by atoms with Crippen molar-refractivity contribution in [2.75, 3.05) is 56.4 Å². The molecule has 2 aliphatic rings. The molecular formula is C23H29N5O3. The fraction of sp³-hybridized carbons (Fsp3) is 0.391. The number of nitrogens with one attached hydrogen (secondary N) is 3. The quantitative estimate of drug-likeness (QED) is 0.639. The van der Waals surface area contributed by atoms with E-state index in [2.05, 4.69) is 16.0 Å². The van der Waals surface area contributed by atoms with Crippen molar-refractivity contribution in [2.45, 2.75) is 18.4 Å². The van der Waals surface area contributed by atoms with E-state index in [1.807, 2.05) is 53.4 Å². The summed E-state index contributed by atoms with van der Waals surface area (Å²) in [6, 6.07) is 15.3. The highest BCUT2D eigenvalue weighted by Crippen LogP contribution is 2.36. The molecule has 1 fully saturated rings. The summed E-state index contributed by atoms with van der Waals surface area (Å²) in [5, 5.41) is 10.2. The number of hydrogen-bond acceptors (Lipinski definition) is 5. The SMILES string of the molecule is COCCN=C1Nc2ccccc2N[C@]12CCCN(C(=O)Nc1ccc(OC)cc1)C2. The maximum atomic E-state index is 13.0. The highest BCUT2D eigenvalue weighted by atomic mass is 16.5. The van der Waals surface area contributed by atoms with E-state index in [1.54, 1.807) is 14.2 Å². The lowest BCUT2D eigenvalue weighted by Crippen LogP contribution is -2.63. The van der Waals surface area contributed by atoms with Crippen LogP contribution in [-0.4, -0.2) is 62.8 Å². The first-order valence-corrected chi connectivity index (χ1v) is 10.5. The number of piperidine rings is 1. The van der Waals surface area contributed by atoms with Gasteiger partial charge in [0.05, 0.1) is 38.2 Å². The zero-order chi connectivity index (χ0) is 21.7. The van der Waals surface area contributed by atoms with Gasteiger partial charge in [-0.25, -0.2) is 4.79 Å². The van der Waals surface area contributed by atoms with Crippen molar-refractivity contribution >= 4 is 28.9 Å². The standard InChI is InChI=1S/C23H29N5O3/c1-30-15-13-24-21-23(27-20-7-4-3-6-19(20)26-21)12-5-14-28(16-23)22(29)25-17-8-10-18(31-2)11-9-17/h3-4,6-11,27H,5,12-16H2,1-2H3,(H,24,26)(H,25,29)/t23-/m0/s1. The predicted octanol–water partition coefficient (Wildman–Crippen LogP) is 3.64. The van der Waals surface area contributed by atoms with E-state index in [1.165, 1.54) is 0 Å². The number of amides is 2. The first-order chi connectivity index (χ1) is 15.1. The number of para-hydroxylation sites is 2. The third kappa shape index (κ3) is 4.59. The molecule has 0 bridgehead atoms. The second-order valence-electron chi connectivity index (χ2n) is 7.78. The lowest BCUT2D eigenvalue weighted by molar-refractivity contribution is 0.186. The first-order valence-electron chi connectivity index (χ1n) is 10.5. The molecule has 0 saturated carbocycles. The van der Waals surface area contributed by atoms with Crippen LogP contribution in [0.5, 0.6) is 5.75 Å². The molecular weight excluding hydrogens is 394 g/mol. The summed E-state index contributed by atoms with van der Waals surface area (Å²) >= 11 is 0. The average Bonchev–Trinajstić information content (AvgIpc) is 2.80. The maximum Gasteiger partial charge on any atom is 0.321 e. The van der Waals surface area contributed by atoms with Crippen LogP contribution in [0.15, 0.2) is 53.5 Å². The number of likely N-dealkylation sites (tertiary alicyclic amines) is 1. The summed E-state index contributed by atoms with van der Waals surface area (Å²) in [5.41, 5.74) is 2.28. The van der Waals surface area contributed by atoms with Gasteiger partial charge in [-0.3, -0.25) is 4.99 Å². The van der Waals surface area contributed by atoms with E-state index in [4.69, 9.17) is 14.5 Å². The van der Waals surface area contributed by atoms with Crippen molar-refractivity contribution in [2.24, 2.45) is 4.99 Å². The molecule has 2 aromatic rings. The van der Waals surface area contributed by atoms with Crippen LogP contribution >= 0.6 is 0 Å². The number of carbonyl (C=O) groups is 1. The topological polar surface area (TPSA) is 87.2 Å². The lowest BCUT2D eigenvalue weighted by atomic mass is 9.85. The second-order valence-corrected chi connectivity index (χ2v) is 7.78. The summed E-state index contributed by atoms with van der Waals surface area (Å²) in [6.45, 7) is 2.31. The summed E-state index contributed by atoms with van der Waals surface area (Å²) in [4.78, 5) is 19.7. The number of anilines is 3. The van der Waals surface area contributed by atoms with Gasteiger partial charge in [-0.1, -0.05) is 12.1 Å². The van der Waals surface area contributed by atoms with Crippen molar-refractivity contribution < 1.29 is 14.3 Å². The Hall–Kier alpha value is -3.26. The number of hydrogen-bond donors (Lipinski definition) is 3. The minimum atomic E-state index is -0.461. The molecule has 2 heterocycles. The second kappa shape index (κ2) is 9.26. The largest absolute Gasteiger partial charge is 0.497 e. The fourth-order valence-corrected chi connectivity index (χ4v) is 4.11. The number of carbonyl (C=O) groups excluding carboxylic acids is 1. The Labute approximate surface area is 182 Å². The number of benzene rings is 2. The van der Waals surface area contributed by atoms with Gasteiger partial charge in [-0.05, 0) is 49.2 Å². The molecule has 0 unspecified atom stereocenters. The normalized spacial score (nSPS) is 21.2. The number of urea groups is 1. The molecule has 0 aliphatic carbocycles. The molecule has 2 aliphatic heterocycles. The summed E-state index contributed by atoms with van der Waals surface area (Å²) in [5.74, 6) is 1.60. The van der Waals surface area contributed by atoms with Crippen molar-refractivity contribution in [1.29, 1.82) is 0 Å². The first kappa shape index (κ1) is 21.0. The van der Waals surface area contributed by atoms with E-state index < -0.39 is 5.54 Å². The molecule has 0 aromatic heterocycles. The number of aliphatic imine (C=N–C) groups is 1. The molecule has 4 rings (SSSR count). The molecule has 1 saturated heterocycles. The van der Waals surface area contributed by atoms with E-state index in [0.29, 0.717) is 26.2 Å². The number of rotatable bonds is 5. The Bertz CT molecular complexity index is 946. The molecule has 2 amide bonds. The van der Waals surface area contributed by atoms with Crippen LogP contribution in [0, 0.1) is 0 Å². The summed E-state index contributed by atoms with van der Waals surface area (Å²) in [7, 11) is 3.29. The van der Waals surface area contributed by atoms with E-state index in [9.17, 15) is 4.79 Å². The summed E-state index contributed by atoms with van der Waals surface area (Å²) < 4.78 is 10.4. The number of ether oxygens (including phenoxy) is 2. The molecule has 3 N–H and O–H groups in total. The molecule has 0 radical (unpaired) electrons. The molecule has 1 spiro atoms. The van der Waals surface area contributed by atoms with Gasteiger partial charge < -0.3 is 30.3 Å². The average molecular weight is 424 g/mol. The number of methoxy groups -OCH3 is 2. The minimum Gasteiger partial charge on any atom is -0.497 e. The molecule has 8 heteroatoms. The van der Waals surface area contributed by atoms with Crippen molar-refractivity contribution in [3.8, 4) is 5.75 Å². The molecule has 31 heavy (non-hydrogen) atoms. The van der Waals surface area contributed by atoms with E-state index in [-0.39, 0.29) is 6.03 Å². The zero-order valence-electron chi connectivity index (χ0n) is 18.0. The third-order valence-electron chi connectivity index (χ3n) is 5.69. The minimum absolute atomic E-state index is 0.124. The van der Waals surface area contributed by atoms with Crippen molar-refractivity contribution in [3.05, 3.63) is 48.5 Å². The van der Waals surface area contributed by atoms with Crippen molar-refractivity contribution in [1.82, 2.24) is 4.90 Å². The van der Waals surface area contributed by atoms with Crippen molar-refractivity contribution in [3.63, 3.8) is 0 Å². The van der Waals surface area contributed by atoms with Gasteiger partial charge in [-0.15, -0.1) is 0 Å². The molecule has 8 nitrogen and oxygen atoms in total. The van der Waals surface area contributed by atoms with Crippen LogP contribution in [0.25, 0.3) is 0 Å². The van der Waals surface area contributed by atoms with Crippen LogP contribution in [0.4, 0.5) is 21.9 Å². The van der Waals surface area contributed by atoms with E-state index >= 15 is 0 Å². The van der Waals surface area contributed by atoms with Gasteiger partial charge in [0, 0.05) is 19.3 Å². The molecule has 1 atom stereocenters. The van der Waals surface area contributed by atoms with Crippen LogP contribution in [0.1, 0.15) is 12.8 Å². The van der Waals surface area contributed by atoms with Crippen LogP contribution in [0.2, 0.25) is 0 Å². The number of nitrogens with zero attached hydrogens (tertiary/aromatic N) is 2. The number of amidine groups is 1. The van der Waals surface area contributed by atoms with Crippen LogP contribution in [0.3, 0.4) is 0 Å². The van der Waals surface area contributed by atoms with Gasteiger partial charge >= 0.3 is 6.03 Å². The fourth-order valence-electron chi connectivity index (χ4n) is 4.11. The molecule has 164 valence electrons. The van der Waals surface area contributed by atoms with Gasteiger partial charge in [0.25, 0.3) is 0 Å². The van der Waals surface area contributed by atoms with Crippen LogP contribution < -0.4 is 20.7 Å². The lowest BCUT2D eigenvalue weighted by Gasteiger charge is -2.47. The zero-order valence-corrected chi connectivity index (χ0v) is 18.0. The van der Waals surface area contributed by atoms with Gasteiger partial charge in [0.15, 0.2) is 0 Å². The highest BCUT2D eigenvalue weighted by Gasteiger charge is 2.44. The van der Waals surface area contributed by atoms with Gasteiger partial charge in [0.2, 0.25) is 0 Å². The van der Waals surface area contributed by atoms with E-state index in [0.717, 1.165) is 41.5 Å². The Morgan fingerprint density at radius 1 is 1.16 bits per heavy atom. The highest BCUT2D eigenvalue weighted by molar-refractivity contribution is 6.10. The van der Waals surface area contributed by atoms with Gasteiger partial charge in [0.1, 0.15) is 17.1 Å². The predicted molar refractivity (Wildman–Crippen MR) is 123 cm³/mol. The van der Waals surface area contributed by atoms with Gasteiger partial charge in [-0.2, -0.15) is 0 Å². The Balaban J connectivity index is 1.54. The third-order valence-corrected chi connectivity index (χ3v) is 5.69. The Morgan fingerprint density at radius 3 is 2.68 bits per heavy atom. The van der Waals surface area contributed by atoms with Crippen LogP contribution in [-0.2, 0) is 4.74 Å². The Kier molecular flexibility index (Phi) is 6.27. The smallest absolute Gasteiger partial charge is 0.321 e.